The maximum Gasteiger partial charge on any atom is 0.135 e. The molecule has 1 aliphatic rings. The number of benzene rings is 1. The molecule has 4 heteroatoms. The van der Waals surface area contributed by atoms with Gasteiger partial charge in [0, 0.05) is 17.3 Å². The summed E-state index contributed by atoms with van der Waals surface area (Å²) in [6.45, 7) is 2.65. The van der Waals surface area contributed by atoms with Crippen LogP contribution in [0.1, 0.15) is 28.6 Å². The summed E-state index contributed by atoms with van der Waals surface area (Å²) in [6.07, 6.45) is 2.39. The normalized spacial score (nSPS) is 15.1. The van der Waals surface area contributed by atoms with Crippen LogP contribution in [0.15, 0.2) is 33.4 Å². The first-order valence-corrected chi connectivity index (χ1v) is 7.10. The lowest BCUT2D eigenvalue weighted by atomic mass is 10.0. The molecule has 0 aliphatic carbocycles. The van der Waals surface area contributed by atoms with Crippen molar-refractivity contribution in [1.82, 2.24) is 0 Å². The Morgan fingerprint density at radius 1 is 1.42 bits per heavy atom. The molecule has 0 spiro atoms. The minimum atomic E-state index is -0.641. The summed E-state index contributed by atoms with van der Waals surface area (Å²) in [7, 11) is 0. The predicted octanol–water partition coefficient (Wildman–Crippen LogP) is 3.56. The van der Waals surface area contributed by atoms with Crippen LogP contribution in [0.5, 0.6) is 5.75 Å². The van der Waals surface area contributed by atoms with E-state index in [1.54, 1.807) is 6.26 Å². The van der Waals surface area contributed by atoms with Crippen LogP contribution < -0.4 is 4.74 Å². The standard InChI is InChI=1S/C15H15BrO3/c1-9-2-4-18-14(9)13(17)8-11-7-12(16)6-10-3-5-19-15(10)11/h2,4,6-7,13,17H,3,5,8H2,1H3. The maximum atomic E-state index is 10.3. The Morgan fingerprint density at radius 3 is 3.00 bits per heavy atom. The van der Waals surface area contributed by atoms with Crippen LogP contribution in [0.25, 0.3) is 0 Å². The van der Waals surface area contributed by atoms with Gasteiger partial charge >= 0.3 is 0 Å². The molecule has 0 saturated carbocycles. The average molecular weight is 323 g/mol. The van der Waals surface area contributed by atoms with Gasteiger partial charge in [0.15, 0.2) is 0 Å². The van der Waals surface area contributed by atoms with Gasteiger partial charge in [-0.1, -0.05) is 15.9 Å². The number of aliphatic hydroxyl groups is 1. The lowest BCUT2D eigenvalue weighted by Gasteiger charge is -2.13. The van der Waals surface area contributed by atoms with Crippen LogP contribution >= 0.6 is 15.9 Å². The minimum Gasteiger partial charge on any atom is -0.493 e. The van der Waals surface area contributed by atoms with Gasteiger partial charge in [0.05, 0.1) is 12.9 Å². The number of furan rings is 1. The number of ether oxygens (including phenoxy) is 1. The summed E-state index contributed by atoms with van der Waals surface area (Å²) in [5, 5.41) is 10.3. The van der Waals surface area contributed by atoms with E-state index in [9.17, 15) is 5.11 Å². The fourth-order valence-electron chi connectivity index (χ4n) is 2.52. The van der Waals surface area contributed by atoms with E-state index in [0.29, 0.717) is 18.8 Å². The van der Waals surface area contributed by atoms with Crippen LogP contribution in [-0.2, 0) is 12.8 Å². The molecule has 1 atom stereocenters. The summed E-state index contributed by atoms with van der Waals surface area (Å²) >= 11 is 3.51. The molecule has 1 aliphatic heterocycles. The van der Waals surface area contributed by atoms with Gasteiger partial charge in [-0.2, -0.15) is 0 Å². The molecule has 1 N–H and O–H groups in total. The largest absolute Gasteiger partial charge is 0.493 e. The topological polar surface area (TPSA) is 42.6 Å². The third kappa shape index (κ3) is 2.42. The maximum absolute atomic E-state index is 10.3. The molecule has 0 saturated heterocycles. The van der Waals surface area contributed by atoms with Gasteiger partial charge in [-0.05, 0) is 41.8 Å². The smallest absolute Gasteiger partial charge is 0.135 e. The van der Waals surface area contributed by atoms with Crippen molar-refractivity contribution in [1.29, 1.82) is 0 Å². The molecule has 1 aromatic carbocycles. The van der Waals surface area contributed by atoms with E-state index in [2.05, 4.69) is 22.0 Å². The highest BCUT2D eigenvalue weighted by Crippen LogP contribution is 2.35. The number of aliphatic hydroxyl groups excluding tert-OH is 1. The Kier molecular flexibility index (Phi) is 3.37. The molecular formula is C15H15BrO3. The Balaban J connectivity index is 1.90. The zero-order chi connectivity index (χ0) is 13.4. The zero-order valence-electron chi connectivity index (χ0n) is 10.6. The van der Waals surface area contributed by atoms with Gasteiger partial charge < -0.3 is 14.3 Å². The van der Waals surface area contributed by atoms with Gasteiger partial charge in [-0.25, -0.2) is 0 Å². The molecule has 0 fully saturated rings. The number of fused-ring (bicyclic) bond motifs is 1. The number of hydrogen-bond acceptors (Lipinski definition) is 3. The highest BCUT2D eigenvalue weighted by Gasteiger charge is 2.21. The molecule has 100 valence electrons. The number of hydrogen-bond donors (Lipinski definition) is 1. The molecule has 3 rings (SSSR count). The predicted molar refractivity (Wildman–Crippen MR) is 75.4 cm³/mol. The third-order valence-electron chi connectivity index (χ3n) is 3.44. The minimum absolute atomic E-state index is 0.496. The molecule has 0 radical (unpaired) electrons. The lowest BCUT2D eigenvalue weighted by Crippen LogP contribution is -2.03. The Bertz CT molecular complexity index is 603. The van der Waals surface area contributed by atoms with Crippen molar-refractivity contribution in [2.75, 3.05) is 6.61 Å². The molecule has 1 unspecified atom stereocenters. The van der Waals surface area contributed by atoms with E-state index in [0.717, 1.165) is 27.8 Å². The summed E-state index contributed by atoms with van der Waals surface area (Å²) in [5.41, 5.74) is 3.19. The van der Waals surface area contributed by atoms with Crippen LogP contribution in [-0.4, -0.2) is 11.7 Å². The van der Waals surface area contributed by atoms with Crippen molar-refractivity contribution in [3.05, 3.63) is 51.4 Å². The van der Waals surface area contributed by atoms with Crippen molar-refractivity contribution < 1.29 is 14.3 Å². The number of halogens is 1. The average Bonchev–Trinajstić information content (AvgIpc) is 2.97. The lowest BCUT2D eigenvalue weighted by molar-refractivity contribution is 0.148. The van der Waals surface area contributed by atoms with Crippen LogP contribution in [0.2, 0.25) is 0 Å². The Labute approximate surface area is 120 Å². The number of rotatable bonds is 3. The highest BCUT2D eigenvalue weighted by atomic mass is 79.9. The van der Waals surface area contributed by atoms with Crippen LogP contribution in [0.3, 0.4) is 0 Å². The van der Waals surface area contributed by atoms with Gasteiger partial charge in [-0.15, -0.1) is 0 Å². The van der Waals surface area contributed by atoms with E-state index in [4.69, 9.17) is 9.15 Å². The molecule has 0 amide bonds. The summed E-state index contributed by atoms with van der Waals surface area (Å²) < 4.78 is 12.0. The van der Waals surface area contributed by atoms with Crippen molar-refractivity contribution in [3.63, 3.8) is 0 Å². The summed E-state index contributed by atoms with van der Waals surface area (Å²) in [6, 6.07) is 5.95. The summed E-state index contributed by atoms with van der Waals surface area (Å²) in [4.78, 5) is 0. The molecule has 2 heterocycles. The van der Waals surface area contributed by atoms with Gasteiger partial charge in [0.1, 0.15) is 17.6 Å². The molecule has 19 heavy (non-hydrogen) atoms. The van der Waals surface area contributed by atoms with Gasteiger partial charge in [-0.3, -0.25) is 0 Å². The van der Waals surface area contributed by atoms with Crippen LogP contribution in [0, 0.1) is 6.92 Å². The molecule has 3 nitrogen and oxygen atoms in total. The first-order chi connectivity index (χ1) is 9.15. The van der Waals surface area contributed by atoms with Crippen molar-refractivity contribution in [3.8, 4) is 5.75 Å². The Hall–Kier alpha value is -1.26. The highest BCUT2D eigenvalue weighted by molar-refractivity contribution is 9.10. The number of aryl methyl sites for hydroxylation is 1. The van der Waals surface area contributed by atoms with E-state index in [1.165, 1.54) is 5.56 Å². The molecular weight excluding hydrogens is 308 g/mol. The SMILES string of the molecule is Cc1ccoc1C(O)Cc1cc(Br)cc2c1OCC2. The quantitative estimate of drug-likeness (QED) is 0.939. The second kappa shape index (κ2) is 5.02. The van der Waals surface area contributed by atoms with Crippen LogP contribution in [0.4, 0.5) is 0 Å². The van der Waals surface area contributed by atoms with Crippen molar-refractivity contribution >= 4 is 15.9 Å². The molecule has 1 aromatic heterocycles. The third-order valence-corrected chi connectivity index (χ3v) is 3.90. The monoisotopic (exact) mass is 322 g/mol. The van der Waals surface area contributed by atoms with E-state index in [1.807, 2.05) is 19.1 Å². The zero-order valence-corrected chi connectivity index (χ0v) is 12.2. The summed E-state index contributed by atoms with van der Waals surface area (Å²) in [5.74, 6) is 1.55. The van der Waals surface area contributed by atoms with E-state index in [-0.39, 0.29) is 0 Å². The first-order valence-electron chi connectivity index (χ1n) is 6.31. The molecule has 2 aromatic rings. The fourth-order valence-corrected chi connectivity index (χ4v) is 3.08. The van der Waals surface area contributed by atoms with Crippen molar-refractivity contribution in [2.45, 2.75) is 25.9 Å². The van der Waals surface area contributed by atoms with E-state index < -0.39 is 6.10 Å². The van der Waals surface area contributed by atoms with Crippen molar-refractivity contribution in [2.24, 2.45) is 0 Å². The van der Waals surface area contributed by atoms with Gasteiger partial charge in [0.2, 0.25) is 0 Å². The first kappa shape index (κ1) is 12.8. The van der Waals surface area contributed by atoms with Gasteiger partial charge in [0.25, 0.3) is 0 Å². The van der Waals surface area contributed by atoms with E-state index >= 15 is 0 Å². The fraction of sp³-hybridized carbons (Fsp3) is 0.333. The second-order valence-corrected chi connectivity index (χ2v) is 5.76. The Morgan fingerprint density at radius 2 is 2.26 bits per heavy atom. The molecule has 0 bridgehead atoms. The second-order valence-electron chi connectivity index (χ2n) is 4.84.